The Labute approximate surface area is 165 Å². The lowest BCUT2D eigenvalue weighted by atomic mass is 10.1. The minimum Gasteiger partial charge on any atom is -0.321 e. The highest BCUT2D eigenvalue weighted by molar-refractivity contribution is 6.31. The summed E-state index contributed by atoms with van der Waals surface area (Å²) in [6.07, 6.45) is 0. The number of aryl methyl sites for hydroxylation is 2. The Morgan fingerprint density at radius 2 is 1.56 bits per heavy atom. The molecule has 2 rings (SSSR count). The van der Waals surface area contributed by atoms with Crippen LogP contribution in [-0.2, 0) is 9.59 Å². The summed E-state index contributed by atoms with van der Waals surface area (Å²) in [7, 11) is 0. The molecule has 1 atom stereocenters. The second-order valence-electron chi connectivity index (χ2n) is 6.76. The van der Waals surface area contributed by atoms with Crippen LogP contribution in [0, 0.1) is 20.8 Å². The molecule has 27 heavy (non-hydrogen) atoms. The van der Waals surface area contributed by atoms with Gasteiger partial charge in [-0.25, -0.2) is 0 Å². The van der Waals surface area contributed by atoms with Gasteiger partial charge in [0, 0.05) is 16.4 Å². The predicted octanol–water partition coefficient (Wildman–Crippen LogP) is 2.75. The second-order valence-corrected chi connectivity index (χ2v) is 7.20. The minimum atomic E-state index is -0.142. The van der Waals surface area contributed by atoms with E-state index in [2.05, 4.69) is 10.6 Å². The maximum atomic E-state index is 12.4. The fraction of sp³-hybridized carbons (Fsp3) is 0.333. The zero-order chi connectivity index (χ0) is 20.0. The van der Waals surface area contributed by atoms with Gasteiger partial charge in [-0.05, 0) is 62.6 Å². The van der Waals surface area contributed by atoms with Crippen LogP contribution in [0.1, 0.15) is 23.6 Å². The molecular formula is C21H27ClN3O2+. The first-order chi connectivity index (χ1) is 12.8. The first-order valence-corrected chi connectivity index (χ1v) is 9.43. The van der Waals surface area contributed by atoms with Crippen molar-refractivity contribution in [2.45, 2.75) is 27.7 Å². The molecule has 0 aliphatic heterocycles. The highest BCUT2D eigenvalue weighted by atomic mass is 35.5. The average molecular weight is 389 g/mol. The first-order valence-electron chi connectivity index (χ1n) is 9.05. The van der Waals surface area contributed by atoms with Crippen molar-refractivity contribution in [3.8, 4) is 0 Å². The van der Waals surface area contributed by atoms with Gasteiger partial charge < -0.3 is 15.5 Å². The van der Waals surface area contributed by atoms with E-state index in [1.54, 1.807) is 12.1 Å². The normalized spacial score (nSPS) is 11.7. The molecule has 2 aromatic carbocycles. The number of halogens is 1. The van der Waals surface area contributed by atoms with Gasteiger partial charge in [-0.15, -0.1) is 0 Å². The van der Waals surface area contributed by atoms with E-state index in [9.17, 15) is 9.59 Å². The van der Waals surface area contributed by atoms with Crippen molar-refractivity contribution in [2.24, 2.45) is 0 Å². The number of amides is 2. The molecule has 0 aliphatic rings. The monoisotopic (exact) mass is 388 g/mol. The summed E-state index contributed by atoms with van der Waals surface area (Å²) < 4.78 is 0. The van der Waals surface area contributed by atoms with Crippen LogP contribution in [0.3, 0.4) is 0 Å². The molecule has 0 spiro atoms. The summed E-state index contributed by atoms with van der Waals surface area (Å²) in [5.74, 6) is -0.246. The summed E-state index contributed by atoms with van der Waals surface area (Å²) in [4.78, 5) is 25.7. The molecule has 5 nitrogen and oxygen atoms in total. The Kier molecular flexibility index (Phi) is 7.39. The molecule has 6 heteroatoms. The van der Waals surface area contributed by atoms with Crippen molar-refractivity contribution in [2.75, 3.05) is 30.3 Å². The number of carbonyl (C=O) groups excluding carboxylic acids is 2. The Morgan fingerprint density at radius 1 is 0.926 bits per heavy atom. The van der Waals surface area contributed by atoms with Crippen molar-refractivity contribution in [3.05, 3.63) is 58.1 Å². The van der Waals surface area contributed by atoms with E-state index in [0.29, 0.717) is 17.3 Å². The molecule has 0 aromatic heterocycles. The van der Waals surface area contributed by atoms with Gasteiger partial charge in [-0.3, -0.25) is 9.59 Å². The molecule has 0 radical (unpaired) electrons. The Morgan fingerprint density at radius 3 is 2.19 bits per heavy atom. The first kappa shape index (κ1) is 20.9. The molecule has 2 amide bonds. The molecule has 0 fully saturated rings. The van der Waals surface area contributed by atoms with Gasteiger partial charge in [0.1, 0.15) is 0 Å². The third kappa shape index (κ3) is 6.08. The minimum absolute atomic E-state index is 0.104. The number of hydrogen-bond donors (Lipinski definition) is 3. The van der Waals surface area contributed by atoms with Crippen molar-refractivity contribution in [3.63, 3.8) is 0 Å². The Hall–Kier alpha value is -2.37. The summed E-state index contributed by atoms with van der Waals surface area (Å²) in [5, 5.41) is 6.40. The van der Waals surface area contributed by atoms with Crippen molar-refractivity contribution < 1.29 is 14.5 Å². The number of likely N-dealkylation sites (N-methyl/N-ethyl adjacent to an activating group) is 1. The van der Waals surface area contributed by atoms with Crippen molar-refractivity contribution in [1.82, 2.24) is 0 Å². The lowest BCUT2D eigenvalue weighted by Crippen LogP contribution is -3.13. The maximum Gasteiger partial charge on any atom is 0.279 e. The van der Waals surface area contributed by atoms with Gasteiger partial charge in [0.05, 0.1) is 6.54 Å². The van der Waals surface area contributed by atoms with Gasteiger partial charge in [-0.1, -0.05) is 29.8 Å². The molecule has 1 unspecified atom stereocenters. The zero-order valence-corrected chi connectivity index (χ0v) is 17.0. The van der Waals surface area contributed by atoms with E-state index in [4.69, 9.17) is 11.6 Å². The van der Waals surface area contributed by atoms with E-state index < -0.39 is 0 Å². The van der Waals surface area contributed by atoms with Crippen LogP contribution in [-0.4, -0.2) is 31.4 Å². The van der Waals surface area contributed by atoms with E-state index in [1.807, 2.05) is 52.0 Å². The van der Waals surface area contributed by atoms with E-state index in [-0.39, 0.29) is 24.9 Å². The number of rotatable bonds is 7. The number of quaternary nitrogens is 1. The fourth-order valence-corrected chi connectivity index (χ4v) is 2.94. The lowest BCUT2D eigenvalue weighted by molar-refractivity contribution is -0.881. The average Bonchev–Trinajstić information content (AvgIpc) is 2.61. The fourth-order valence-electron chi connectivity index (χ4n) is 2.77. The van der Waals surface area contributed by atoms with Crippen LogP contribution in [0.5, 0.6) is 0 Å². The summed E-state index contributed by atoms with van der Waals surface area (Å²) in [6.45, 7) is 8.97. The quantitative estimate of drug-likeness (QED) is 0.683. The van der Waals surface area contributed by atoms with Gasteiger partial charge >= 0.3 is 0 Å². The SMILES string of the molecule is CC[NH+](CC(=O)Nc1cc(Cl)ccc1C)CC(=O)Nc1cccc(C)c1C. The van der Waals surface area contributed by atoms with E-state index in [0.717, 1.165) is 27.3 Å². The summed E-state index contributed by atoms with van der Waals surface area (Å²) in [6, 6.07) is 11.2. The third-order valence-electron chi connectivity index (χ3n) is 4.67. The van der Waals surface area contributed by atoms with Gasteiger partial charge in [0.2, 0.25) is 0 Å². The van der Waals surface area contributed by atoms with Gasteiger partial charge in [0.15, 0.2) is 13.1 Å². The summed E-state index contributed by atoms with van der Waals surface area (Å²) in [5.41, 5.74) is 4.64. The molecule has 0 aliphatic carbocycles. The van der Waals surface area contributed by atoms with Crippen molar-refractivity contribution >= 4 is 34.8 Å². The van der Waals surface area contributed by atoms with Crippen LogP contribution in [0.15, 0.2) is 36.4 Å². The highest BCUT2D eigenvalue weighted by Gasteiger charge is 2.18. The van der Waals surface area contributed by atoms with Gasteiger partial charge in [-0.2, -0.15) is 0 Å². The highest BCUT2D eigenvalue weighted by Crippen LogP contribution is 2.20. The second kappa shape index (κ2) is 9.53. The molecular weight excluding hydrogens is 362 g/mol. The molecule has 0 saturated heterocycles. The van der Waals surface area contributed by atoms with E-state index >= 15 is 0 Å². The Bertz CT molecular complexity index is 818. The molecule has 0 bridgehead atoms. The standard InChI is InChI=1S/C21H26ClN3O2/c1-5-25(12-20(26)23-18-8-6-7-14(2)16(18)4)13-21(27)24-19-11-17(22)10-9-15(19)3/h6-11H,5,12-13H2,1-4H3,(H,23,26)(H,24,27)/p+1. The molecule has 2 aromatic rings. The lowest BCUT2D eigenvalue weighted by Gasteiger charge is -2.18. The molecule has 0 heterocycles. The third-order valence-corrected chi connectivity index (χ3v) is 4.91. The van der Waals surface area contributed by atoms with Crippen LogP contribution in [0.2, 0.25) is 5.02 Å². The number of hydrogen-bond acceptors (Lipinski definition) is 2. The maximum absolute atomic E-state index is 12.4. The van der Waals surface area contributed by atoms with Gasteiger partial charge in [0.25, 0.3) is 11.8 Å². The molecule has 144 valence electrons. The van der Waals surface area contributed by atoms with Crippen LogP contribution >= 0.6 is 11.6 Å². The van der Waals surface area contributed by atoms with E-state index in [1.165, 1.54) is 0 Å². The molecule has 3 N–H and O–H groups in total. The van der Waals surface area contributed by atoms with Crippen LogP contribution < -0.4 is 15.5 Å². The van der Waals surface area contributed by atoms with Crippen molar-refractivity contribution in [1.29, 1.82) is 0 Å². The number of carbonyl (C=O) groups is 2. The largest absolute Gasteiger partial charge is 0.321 e. The number of anilines is 2. The number of benzene rings is 2. The summed E-state index contributed by atoms with van der Waals surface area (Å²) >= 11 is 5.99. The smallest absolute Gasteiger partial charge is 0.279 e. The number of nitrogens with one attached hydrogen (secondary N) is 3. The Balaban J connectivity index is 1.94. The van der Waals surface area contributed by atoms with Crippen LogP contribution in [0.4, 0.5) is 11.4 Å². The topological polar surface area (TPSA) is 62.6 Å². The zero-order valence-electron chi connectivity index (χ0n) is 16.3. The molecule has 0 saturated carbocycles. The predicted molar refractivity (Wildman–Crippen MR) is 111 cm³/mol. The van der Waals surface area contributed by atoms with Crippen LogP contribution in [0.25, 0.3) is 0 Å².